The molecule has 1 atom stereocenters. The lowest BCUT2D eigenvalue weighted by Crippen LogP contribution is -2.02. The number of benzene rings is 1. The van der Waals surface area contributed by atoms with Crippen LogP contribution in [0.2, 0.25) is 0 Å². The average molecular weight is 334 g/mol. The minimum atomic E-state index is 0.0641. The first-order valence-electron chi connectivity index (χ1n) is 6.40. The number of hydrogen-bond donors (Lipinski definition) is 0. The topological polar surface area (TPSA) is 18.5 Å². The van der Waals surface area contributed by atoms with Crippen LogP contribution < -0.4 is 9.47 Å². The molecular weight excluding hydrogens is 316 g/mol. The first kappa shape index (κ1) is 14.0. The van der Waals surface area contributed by atoms with Crippen LogP contribution in [-0.4, -0.2) is 13.2 Å². The lowest BCUT2D eigenvalue weighted by molar-refractivity contribution is 0.287. The lowest BCUT2D eigenvalue weighted by atomic mass is 10.1. The van der Waals surface area contributed by atoms with E-state index in [1.807, 2.05) is 26.0 Å². The zero-order valence-electron chi connectivity index (χ0n) is 10.7. The summed E-state index contributed by atoms with van der Waals surface area (Å²) in [5.41, 5.74) is 1.10. The highest BCUT2D eigenvalue weighted by atomic mass is 79.9. The Morgan fingerprint density at radius 2 is 1.78 bits per heavy atom. The molecule has 1 aliphatic rings. The van der Waals surface area contributed by atoms with Crippen LogP contribution in [0.1, 0.15) is 37.6 Å². The third-order valence-electron chi connectivity index (χ3n) is 3.00. The van der Waals surface area contributed by atoms with Crippen LogP contribution in [0.4, 0.5) is 0 Å². The van der Waals surface area contributed by atoms with Gasteiger partial charge in [0.2, 0.25) is 0 Å². The number of rotatable bonds is 6. The van der Waals surface area contributed by atoms with Crippen molar-refractivity contribution in [3.8, 4) is 11.5 Å². The van der Waals surface area contributed by atoms with E-state index in [1.54, 1.807) is 0 Å². The van der Waals surface area contributed by atoms with Crippen molar-refractivity contribution >= 4 is 27.5 Å². The van der Waals surface area contributed by atoms with Crippen LogP contribution >= 0.6 is 27.5 Å². The van der Waals surface area contributed by atoms with E-state index in [1.165, 1.54) is 12.8 Å². The Kier molecular flexibility index (Phi) is 4.79. The van der Waals surface area contributed by atoms with Crippen molar-refractivity contribution in [2.24, 2.45) is 5.92 Å². The number of ether oxygens (including phenoxy) is 2. The number of alkyl halides is 1. The van der Waals surface area contributed by atoms with Crippen molar-refractivity contribution in [3.63, 3.8) is 0 Å². The summed E-state index contributed by atoms with van der Waals surface area (Å²) < 4.78 is 12.2. The van der Waals surface area contributed by atoms with E-state index in [9.17, 15) is 0 Å². The van der Waals surface area contributed by atoms with Crippen molar-refractivity contribution in [1.82, 2.24) is 0 Å². The van der Waals surface area contributed by atoms with Gasteiger partial charge in [0.05, 0.1) is 18.6 Å². The molecule has 1 aromatic carbocycles. The van der Waals surface area contributed by atoms with Gasteiger partial charge in [-0.15, -0.1) is 11.6 Å². The van der Waals surface area contributed by atoms with Crippen molar-refractivity contribution in [2.75, 3.05) is 13.2 Å². The third kappa shape index (κ3) is 3.12. The summed E-state index contributed by atoms with van der Waals surface area (Å²) in [7, 11) is 0. The van der Waals surface area contributed by atoms with Gasteiger partial charge in [-0.25, -0.2) is 0 Å². The zero-order valence-corrected chi connectivity index (χ0v) is 13.1. The van der Waals surface area contributed by atoms with E-state index in [-0.39, 0.29) is 5.38 Å². The van der Waals surface area contributed by atoms with Crippen molar-refractivity contribution in [3.05, 3.63) is 22.2 Å². The monoisotopic (exact) mass is 332 g/mol. The van der Waals surface area contributed by atoms with Crippen LogP contribution in [-0.2, 0) is 0 Å². The summed E-state index contributed by atoms with van der Waals surface area (Å²) in [6.45, 7) is 5.18. The van der Waals surface area contributed by atoms with Gasteiger partial charge in [-0.3, -0.25) is 0 Å². The minimum absolute atomic E-state index is 0.0641. The normalized spacial score (nSPS) is 16.4. The standard InChI is InChI=1S/C14H18BrClO2/c1-3-17-12-7-10(14(16)9-5-6-9)11(15)8-13(12)18-4-2/h7-9,14H,3-6H2,1-2H3. The summed E-state index contributed by atoms with van der Waals surface area (Å²) in [6.07, 6.45) is 2.44. The Morgan fingerprint density at radius 3 is 2.28 bits per heavy atom. The van der Waals surface area contributed by atoms with Gasteiger partial charge in [-0.1, -0.05) is 15.9 Å². The number of halogens is 2. The van der Waals surface area contributed by atoms with Gasteiger partial charge < -0.3 is 9.47 Å². The maximum absolute atomic E-state index is 6.48. The fourth-order valence-electron chi connectivity index (χ4n) is 1.94. The van der Waals surface area contributed by atoms with Crippen LogP contribution in [0.5, 0.6) is 11.5 Å². The maximum atomic E-state index is 6.48. The van der Waals surface area contributed by atoms with E-state index >= 15 is 0 Å². The molecule has 2 nitrogen and oxygen atoms in total. The lowest BCUT2D eigenvalue weighted by Gasteiger charge is -2.16. The first-order chi connectivity index (χ1) is 8.67. The van der Waals surface area contributed by atoms with Gasteiger partial charge in [0.1, 0.15) is 0 Å². The molecule has 100 valence electrons. The molecule has 0 radical (unpaired) electrons. The quantitative estimate of drug-likeness (QED) is 0.687. The molecule has 0 bridgehead atoms. The summed E-state index contributed by atoms with van der Waals surface area (Å²) >= 11 is 10.1. The highest BCUT2D eigenvalue weighted by Gasteiger charge is 2.32. The van der Waals surface area contributed by atoms with E-state index in [2.05, 4.69) is 15.9 Å². The average Bonchev–Trinajstić information content (AvgIpc) is 3.16. The van der Waals surface area contributed by atoms with Crippen molar-refractivity contribution in [1.29, 1.82) is 0 Å². The molecule has 0 aromatic heterocycles. The molecule has 4 heteroatoms. The molecular formula is C14H18BrClO2. The second-order valence-electron chi connectivity index (χ2n) is 4.43. The van der Waals surface area contributed by atoms with Crippen molar-refractivity contribution in [2.45, 2.75) is 32.1 Å². The van der Waals surface area contributed by atoms with Crippen LogP contribution in [0, 0.1) is 5.92 Å². The molecule has 1 saturated carbocycles. The summed E-state index contributed by atoms with van der Waals surface area (Å²) in [5.74, 6) is 2.16. The summed E-state index contributed by atoms with van der Waals surface area (Å²) in [6, 6.07) is 3.97. The van der Waals surface area contributed by atoms with E-state index in [0.29, 0.717) is 19.1 Å². The third-order valence-corrected chi connectivity index (χ3v) is 4.27. The fraction of sp³-hybridized carbons (Fsp3) is 0.571. The summed E-state index contributed by atoms with van der Waals surface area (Å²) in [5, 5.41) is 0.0641. The first-order valence-corrected chi connectivity index (χ1v) is 7.63. The highest BCUT2D eigenvalue weighted by molar-refractivity contribution is 9.10. The second-order valence-corrected chi connectivity index (χ2v) is 5.75. The fourth-order valence-corrected chi connectivity index (χ4v) is 3.07. The Labute approximate surface area is 122 Å². The zero-order chi connectivity index (χ0) is 13.1. The smallest absolute Gasteiger partial charge is 0.162 e. The molecule has 0 N–H and O–H groups in total. The minimum Gasteiger partial charge on any atom is -0.490 e. The number of hydrogen-bond acceptors (Lipinski definition) is 2. The highest BCUT2D eigenvalue weighted by Crippen LogP contribution is 2.48. The van der Waals surface area contributed by atoms with Crippen LogP contribution in [0.15, 0.2) is 16.6 Å². The molecule has 0 spiro atoms. The SMILES string of the molecule is CCOc1cc(Br)c(C(Cl)C2CC2)cc1OCC. The van der Waals surface area contributed by atoms with Gasteiger partial charge in [0.15, 0.2) is 11.5 Å². The molecule has 0 heterocycles. The molecule has 0 amide bonds. The molecule has 1 aliphatic carbocycles. The molecule has 1 fully saturated rings. The molecule has 2 rings (SSSR count). The Hall–Kier alpha value is -0.410. The molecule has 0 saturated heterocycles. The Morgan fingerprint density at radius 1 is 1.22 bits per heavy atom. The molecule has 1 unspecified atom stereocenters. The van der Waals surface area contributed by atoms with Gasteiger partial charge in [0, 0.05) is 4.47 Å². The molecule has 0 aliphatic heterocycles. The van der Waals surface area contributed by atoms with Crippen LogP contribution in [0.25, 0.3) is 0 Å². The Bertz CT molecular complexity index is 419. The Balaban J connectivity index is 2.32. The summed E-state index contributed by atoms with van der Waals surface area (Å²) in [4.78, 5) is 0. The largest absolute Gasteiger partial charge is 0.490 e. The predicted molar refractivity (Wildman–Crippen MR) is 77.8 cm³/mol. The van der Waals surface area contributed by atoms with Gasteiger partial charge in [-0.05, 0) is 50.3 Å². The molecule has 1 aromatic rings. The van der Waals surface area contributed by atoms with E-state index in [0.717, 1.165) is 21.5 Å². The molecule has 18 heavy (non-hydrogen) atoms. The van der Waals surface area contributed by atoms with E-state index < -0.39 is 0 Å². The van der Waals surface area contributed by atoms with Gasteiger partial charge in [0.25, 0.3) is 0 Å². The van der Waals surface area contributed by atoms with Gasteiger partial charge in [-0.2, -0.15) is 0 Å². The van der Waals surface area contributed by atoms with E-state index in [4.69, 9.17) is 21.1 Å². The van der Waals surface area contributed by atoms with Crippen LogP contribution in [0.3, 0.4) is 0 Å². The maximum Gasteiger partial charge on any atom is 0.162 e. The predicted octanol–water partition coefficient (Wildman–Crippen LogP) is 4.94. The van der Waals surface area contributed by atoms with Crippen molar-refractivity contribution < 1.29 is 9.47 Å². The van der Waals surface area contributed by atoms with Gasteiger partial charge >= 0.3 is 0 Å². The second kappa shape index (κ2) is 6.16.